The third-order valence-corrected chi connectivity index (χ3v) is 6.38. The predicted octanol–water partition coefficient (Wildman–Crippen LogP) is 6.02. The molecule has 1 aliphatic carbocycles. The molecule has 1 aliphatic rings. The number of hydrogen-bond acceptors (Lipinski definition) is 5. The lowest BCUT2D eigenvalue weighted by Gasteiger charge is -2.30. The van der Waals surface area contributed by atoms with Crippen molar-refractivity contribution in [1.82, 2.24) is 15.3 Å². The van der Waals surface area contributed by atoms with E-state index in [1.807, 2.05) is 18.2 Å². The van der Waals surface area contributed by atoms with Crippen molar-refractivity contribution in [3.63, 3.8) is 0 Å². The number of aryl methyl sites for hydroxylation is 1. The number of halogens is 1. The Morgan fingerprint density at radius 2 is 1.71 bits per heavy atom. The molecule has 2 aromatic carbocycles. The van der Waals surface area contributed by atoms with Crippen LogP contribution >= 0.6 is 0 Å². The molecule has 2 N–H and O–H groups in total. The molecule has 0 aliphatic heterocycles. The molecule has 178 valence electrons. The first-order valence-corrected chi connectivity index (χ1v) is 11.9. The number of pyridine rings is 2. The first-order chi connectivity index (χ1) is 17.0. The van der Waals surface area contributed by atoms with Crippen molar-refractivity contribution < 1.29 is 13.9 Å². The zero-order valence-electron chi connectivity index (χ0n) is 19.5. The van der Waals surface area contributed by atoms with Gasteiger partial charge in [0.25, 0.3) is 5.91 Å². The summed E-state index contributed by atoms with van der Waals surface area (Å²) in [5.74, 6) is 0.936. The van der Waals surface area contributed by atoms with Crippen LogP contribution in [0.5, 0.6) is 11.6 Å². The number of rotatable bonds is 6. The molecular weight excluding hydrogens is 443 g/mol. The number of hydrogen-bond donors (Lipinski definition) is 2. The summed E-state index contributed by atoms with van der Waals surface area (Å²) in [6, 6.07) is 19.7. The summed E-state index contributed by atoms with van der Waals surface area (Å²) in [4.78, 5) is 22.0. The minimum atomic E-state index is -0.354. The highest BCUT2D eigenvalue weighted by Gasteiger charge is 2.24. The number of fused-ring (bicyclic) bond motifs is 1. The summed E-state index contributed by atoms with van der Waals surface area (Å²) in [7, 11) is 0. The van der Waals surface area contributed by atoms with Crippen LogP contribution in [-0.2, 0) is 0 Å². The standard InChI is InChI=1S/C28H27FN4O2/c1-18-17-26(33-25-7-3-2-5-23(18)25)31-20-10-12-21(13-11-20)32-27(34)24-6-4-16-30-28(24)35-22-14-8-19(29)9-15-22/h2-9,14-17,20-21H,10-13H2,1H3,(H,31,33)(H,32,34)/t20-,21+. The number of para-hydroxylation sites is 1. The van der Waals surface area contributed by atoms with E-state index in [0.29, 0.717) is 17.4 Å². The molecule has 0 atom stereocenters. The summed E-state index contributed by atoms with van der Waals surface area (Å²) >= 11 is 0. The maximum absolute atomic E-state index is 13.2. The molecule has 0 radical (unpaired) electrons. The smallest absolute Gasteiger partial charge is 0.257 e. The van der Waals surface area contributed by atoms with Gasteiger partial charge in [0.05, 0.1) is 5.52 Å². The Labute approximate surface area is 203 Å². The summed E-state index contributed by atoms with van der Waals surface area (Å²) in [5.41, 5.74) is 2.55. The van der Waals surface area contributed by atoms with Crippen molar-refractivity contribution in [3.8, 4) is 11.6 Å². The molecule has 0 spiro atoms. The fraction of sp³-hybridized carbons (Fsp3) is 0.250. The largest absolute Gasteiger partial charge is 0.438 e. The minimum Gasteiger partial charge on any atom is -0.438 e. The normalized spacial score (nSPS) is 17.7. The van der Waals surface area contributed by atoms with Gasteiger partial charge in [-0.25, -0.2) is 14.4 Å². The van der Waals surface area contributed by atoms with Crippen LogP contribution in [-0.4, -0.2) is 28.0 Å². The van der Waals surface area contributed by atoms with E-state index in [1.165, 1.54) is 35.2 Å². The Balaban J connectivity index is 1.18. The lowest BCUT2D eigenvalue weighted by Crippen LogP contribution is -2.40. The highest BCUT2D eigenvalue weighted by Crippen LogP contribution is 2.26. The summed E-state index contributed by atoms with van der Waals surface area (Å²) in [5, 5.41) is 7.87. The molecule has 1 amide bonds. The summed E-state index contributed by atoms with van der Waals surface area (Å²) in [6.07, 6.45) is 5.17. The van der Waals surface area contributed by atoms with Crippen LogP contribution in [0, 0.1) is 12.7 Å². The van der Waals surface area contributed by atoms with Crippen molar-refractivity contribution >= 4 is 22.6 Å². The molecule has 6 nitrogen and oxygen atoms in total. The number of nitrogens with one attached hydrogen (secondary N) is 2. The second-order valence-electron chi connectivity index (χ2n) is 8.92. The van der Waals surface area contributed by atoms with Gasteiger partial charge in [0.1, 0.15) is 22.9 Å². The van der Waals surface area contributed by atoms with Crippen molar-refractivity contribution in [2.45, 2.75) is 44.7 Å². The van der Waals surface area contributed by atoms with E-state index >= 15 is 0 Å². The van der Waals surface area contributed by atoms with Gasteiger partial charge in [-0.05, 0) is 86.7 Å². The van der Waals surface area contributed by atoms with Crippen LogP contribution in [0.2, 0.25) is 0 Å². The highest BCUT2D eigenvalue weighted by molar-refractivity contribution is 5.96. The van der Waals surface area contributed by atoms with E-state index < -0.39 is 0 Å². The maximum Gasteiger partial charge on any atom is 0.257 e. The van der Waals surface area contributed by atoms with Crippen molar-refractivity contribution in [2.24, 2.45) is 0 Å². The molecule has 5 rings (SSSR count). The maximum atomic E-state index is 13.2. The molecule has 4 aromatic rings. The number of benzene rings is 2. The Morgan fingerprint density at radius 3 is 2.51 bits per heavy atom. The first kappa shape index (κ1) is 22.8. The zero-order valence-corrected chi connectivity index (χ0v) is 19.5. The molecule has 0 bridgehead atoms. The molecule has 2 aromatic heterocycles. The van der Waals surface area contributed by atoms with Gasteiger partial charge in [-0.3, -0.25) is 4.79 Å². The lowest BCUT2D eigenvalue weighted by molar-refractivity contribution is 0.0923. The first-order valence-electron chi connectivity index (χ1n) is 11.9. The van der Waals surface area contributed by atoms with Gasteiger partial charge >= 0.3 is 0 Å². The van der Waals surface area contributed by atoms with Gasteiger partial charge in [0.2, 0.25) is 5.88 Å². The lowest BCUT2D eigenvalue weighted by atomic mass is 9.91. The van der Waals surface area contributed by atoms with Crippen LogP contribution in [0.1, 0.15) is 41.6 Å². The zero-order chi connectivity index (χ0) is 24.2. The topological polar surface area (TPSA) is 76.1 Å². The molecule has 2 heterocycles. The SMILES string of the molecule is Cc1cc(N[C@H]2CC[C@@H](NC(=O)c3cccnc3Oc3ccc(F)cc3)CC2)nc2ccccc12. The average Bonchev–Trinajstić information content (AvgIpc) is 2.87. The van der Waals surface area contributed by atoms with Gasteiger partial charge in [0, 0.05) is 23.7 Å². The predicted molar refractivity (Wildman–Crippen MR) is 134 cm³/mol. The summed E-state index contributed by atoms with van der Waals surface area (Å²) < 4.78 is 18.9. The number of ether oxygens (including phenoxy) is 1. The van der Waals surface area contributed by atoms with Crippen LogP contribution in [0.25, 0.3) is 10.9 Å². The fourth-order valence-corrected chi connectivity index (χ4v) is 4.54. The van der Waals surface area contributed by atoms with Crippen LogP contribution in [0.15, 0.2) is 72.9 Å². The molecule has 7 heteroatoms. The second-order valence-corrected chi connectivity index (χ2v) is 8.92. The Bertz CT molecular complexity index is 1330. The number of carbonyl (C=O) groups excluding carboxylic acids is 1. The van der Waals surface area contributed by atoms with Crippen LogP contribution in [0.3, 0.4) is 0 Å². The van der Waals surface area contributed by atoms with Crippen molar-refractivity contribution in [1.29, 1.82) is 0 Å². The van der Waals surface area contributed by atoms with E-state index in [0.717, 1.165) is 37.0 Å². The Hall–Kier alpha value is -4.00. The third kappa shape index (κ3) is 5.40. The number of amides is 1. The van der Waals surface area contributed by atoms with Gasteiger partial charge in [0.15, 0.2) is 0 Å². The van der Waals surface area contributed by atoms with E-state index in [4.69, 9.17) is 9.72 Å². The monoisotopic (exact) mass is 470 g/mol. The fourth-order valence-electron chi connectivity index (χ4n) is 4.54. The quantitative estimate of drug-likeness (QED) is 0.360. The Morgan fingerprint density at radius 1 is 0.971 bits per heavy atom. The van der Waals surface area contributed by atoms with E-state index in [9.17, 15) is 9.18 Å². The molecule has 1 saturated carbocycles. The summed E-state index contributed by atoms with van der Waals surface area (Å²) in [6.45, 7) is 2.11. The van der Waals surface area contributed by atoms with E-state index in [1.54, 1.807) is 18.3 Å². The molecular formula is C28H27FN4O2. The van der Waals surface area contributed by atoms with Gasteiger partial charge < -0.3 is 15.4 Å². The van der Waals surface area contributed by atoms with Crippen molar-refractivity contribution in [3.05, 3.63) is 89.9 Å². The second kappa shape index (κ2) is 10.1. The highest BCUT2D eigenvalue weighted by atomic mass is 19.1. The van der Waals surface area contributed by atoms with Crippen LogP contribution < -0.4 is 15.4 Å². The number of anilines is 1. The molecule has 35 heavy (non-hydrogen) atoms. The molecule has 0 unspecified atom stereocenters. The van der Waals surface area contributed by atoms with Gasteiger partial charge in [-0.15, -0.1) is 0 Å². The van der Waals surface area contributed by atoms with Gasteiger partial charge in [-0.1, -0.05) is 18.2 Å². The van der Waals surface area contributed by atoms with E-state index in [2.05, 4.69) is 34.7 Å². The van der Waals surface area contributed by atoms with Gasteiger partial charge in [-0.2, -0.15) is 0 Å². The molecule has 1 fully saturated rings. The number of nitrogens with zero attached hydrogens (tertiary/aromatic N) is 2. The minimum absolute atomic E-state index is 0.0747. The van der Waals surface area contributed by atoms with Crippen LogP contribution in [0.4, 0.5) is 10.2 Å². The number of aromatic nitrogens is 2. The van der Waals surface area contributed by atoms with E-state index in [-0.39, 0.29) is 23.6 Å². The number of carbonyl (C=O) groups is 1. The average molecular weight is 471 g/mol. The Kier molecular flexibility index (Phi) is 6.57. The van der Waals surface area contributed by atoms with Crippen molar-refractivity contribution in [2.75, 3.05) is 5.32 Å². The third-order valence-electron chi connectivity index (χ3n) is 6.38. The molecule has 0 saturated heterocycles.